The Morgan fingerprint density at radius 2 is 1.21 bits per heavy atom. The third-order valence-electron chi connectivity index (χ3n) is 1.52. The fourth-order valence-corrected chi connectivity index (χ4v) is 0.354. The minimum atomic E-state index is 0.884. The zero-order chi connectivity index (χ0) is 12.0. The largest absolute Gasteiger partial charge is 0.100 e. The molecule has 0 N–H and O–H groups in total. The maximum absolute atomic E-state index is 3.56. The van der Waals surface area contributed by atoms with E-state index >= 15 is 0 Å². The summed E-state index contributed by atoms with van der Waals surface area (Å²) in [6.07, 6.45) is 5.38. The average Bonchev–Trinajstić information content (AvgIpc) is 2.06. The number of unbranched alkanes of at least 4 members (excludes halogenated alkanes) is 2. The monoisotopic (exact) mass is 200 g/mol. The average molecular weight is 200 g/mol. The van der Waals surface area contributed by atoms with Gasteiger partial charge >= 0.3 is 0 Å². The van der Waals surface area contributed by atoms with Gasteiger partial charge in [0.1, 0.15) is 0 Å². The summed E-state index contributed by atoms with van der Waals surface area (Å²) >= 11 is 0. The molecule has 0 aromatic heterocycles. The van der Waals surface area contributed by atoms with Gasteiger partial charge in [-0.25, -0.2) is 0 Å². The van der Waals surface area contributed by atoms with Gasteiger partial charge in [-0.2, -0.15) is 0 Å². The lowest BCUT2D eigenvalue weighted by Crippen LogP contribution is -1.77. The van der Waals surface area contributed by atoms with Crippen LogP contribution in [0.2, 0.25) is 0 Å². The zero-order valence-corrected chi connectivity index (χ0v) is 11.6. The molecular formula is C14H32. The van der Waals surface area contributed by atoms with Crippen LogP contribution in [0.25, 0.3) is 0 Å². The highest BCUT2D eigenvalue weighted by molar-refractivity contribution is 4.78. The van der Waals surface area contributed by atoms with Crippen LogP contribution in [0.1, 0.15) is 74.1 Å². The summed E-state index contributed by atoms with van der Waals surface area (Å²) in [7, 11) is 0. The SMILES string of the molecule is C=C(C)C.CCC(C)C.CCCCC. The number of rotatable bonds is 3. The van der Waals surface area contributed by atoms with Crippen LogP contribution in [0.15, 0.2) is 12.2 Å². The van der Waals surface area contributed by atoms with Crippen LogP contribution in [0, 0.1) is 5.92 Å². The van der Waals surface area contributed by atoms with Gasteiger partial charge in [-0.05, 0) is 19.8 Å². The van der Waals surface area contributed by atoms with E-state index in [1.54, 1.807) is 0 Å². The summed E-state index contributed by atoms with van der Waals surface area (Å²) in [6.45, 7) is 18.6. The molecule has 14 heavy (non-hydrogen) atoms. The summed E-state index contributed by atoms with van der Waals surface area (Å²) in [5.41, 5.74) is 1.17. The molecule has 0 saturated carbocycles. The molecule has 0 spiro atoms. The van der Waals surface area contributed by atoms with Gasteiger partial charge in [0.2, 0.25) is 0 Å². The first-order valence-corrected chi connectivity index (χ1v) is 6.04. The lowest BCUT2D eigenvalue weighted by atomic mass is 10.2. The Morgan fingerprint density at radius 1 is 1.00 bits per heavy atom. The van der Waals surface area contributed by atoms with Crippen molar-refractivity contribution in [2.45, 2.75) is 74.1 Å². The summed E-state index contributed by atoms with van der Waals surface area (Å²) in [4.78, 5) is 0. The van der Waals surface area contributed by atoms with E-state index in [4.69, 9.17) is 0 Å². The third-order valence-corrected chi connectivity index (χ3v) is 1.52. The molecule has 0 nitrogen and oxygen atoms in total. The van der Waals surface area contributed by atoms with Gasteiger partial charge in [-0.15, -0.1) is 6.58 Å². The number of hydrogen-bond acceptors (Lipinski definition) is 0. The summed E-state index contributed by atoms with van der Waals surface area (Å²) in [6, 6.07) is 0. The summed E-state index contributed by atoms with van der Waals surface area (Å²) in [5, 5.41) is 0. The summed E-state index contributed by atoms with van der Waals surface area (Å²) < 4.78 is 0. The van der Waals surface area contributed by atoms with Crippen molar-refractivity contribution in [1.82, 2.24) is 0 Å². The van der Waals surface area contributed by atoms with Gasteiger partial charge < -0.3 is 0 Å². The molecule has 0 radical (unpaired) electrons. The molecule has 0 saturated heterocycles. The lowest BCUT2D eigenvalue weighted by molar-refractivity contribution is 0.626. The Morgan fingerprint density at radius 3 is 1.21 bits per heavy atom. The fraction of sp³-hybridized carbons (Fsp3) is 0.857. The van der Waals surface area contributed by atoms with Gasteiger partial charge in [0.25, 0.3) is 0 Å². The molecule has 0 rings (SSSR count). The molecular weight excluding hydrogens is 168 g/mol. The van der Waals surface area contributed by atoms with Crippen molar-refractivity contribution < 1.29 is 0 Å². The van der Waals surface area contributed by atoms with Crippen molar-refractivity contribution in [1.29, 1.82) is 0 Å². The van der Waals surface area contributed by atoms with Crippen molar-refractivity contribution in [3.8, 4) is 0 Å². The van der Waals surface area contributed by atoms with Gasteiger partial charge in [-0.3, -0.25) is 0 Å². The molecule has 0 atom stereocenters. The second-order valence-corrected chi connectivity index (χ2v) is 4.36. The van der Waals surface area contributed by atoms with Crippen LogP contribution in [0.3, 0.4) is 0 Å². The highest BCUT2D eigenvalue weighted by Gasteiger charge is 1.80. The quantitative estimate of drug-likeness (QED) is 0.503. The molecule has 0 aromatic carbocycles. The van der Waals surface area contributed by atoms with Gasteiger partial charge in [0, 0.05) is 0 Å². The van der Waals surface area contributed by atoms with E-state index in [0.29, 0.717) is 0 Å². The second-order valence-electron chi connectivity index (χ2n) is 4.36. The minimum absolute atomic E-state index is 0.884. The Balaban J connectivity index is -0.000000131. The first-order chi connectivity index (χ1) is 6.42. The van der Waals surface area contributed by atoms with E-state index in [1.807, 2.05) is 13.8 Å². The molecule has 0 heterocycles. The van der Waals surface area contributed by atoms with E-state index in [-0.39, 0.29) is 0 Å². The van der Waals surface area contributed by atoms with Crippen molar-refractivity contribution in [3.05, 3.63) is 12.2 Å². The van der Waals surface area contributed by atoms with Gasteiger partial charge in [0.05, 0.1) is 0 Å². The first-order valence-electron chi connectivity index (χ1n) is 6.04. The van der Waals surface area contributed by atoms with E-state index < -0.39 is 0 Å². The molecule has 0 aliphatic heterocycles. The van der Waals surface area contributed by atoms with Crippen molar-refractivity contribution >= 4 is 0 Å². The predicted molar refractivity (Wildman–Crippen MR) is 70.8 cm³/mol. The van der Waals surface area contributed by atoms with E-state index in [2.05, 4.69) is 41.2 Å². The topological polar surface area (TPSA) is 0 Å². The second kappa shape index (κ2) is 18.5. The van der Waals surface area contributed by atoms with E-state index in [9.17, 15) is 0 Å². The highest BCUT2D eigenvalue weighted by atomic mass is 13.9. The van der Waals surface area contributed by atoms with Crippen LogP contribution < -0.4 is 0 Å². The van der Waals surface area contributed by atoms with Crippen LogP contribution in [-0.4, -0.2) is 0 Å². The molecule has 0 aliphatic rings. The third kappa shape index (κ3) is 96.8. The number of allylic oxidation sites excluding steroid dienone is 1. The predicted octanol–water partition coefficient (Wildman–Crippen LogP) is 5.83. The molecule has 0 amide bonds. The number of hydrogen-bond donors (Lipinski definition) is 0. The van der Waals surface area contributed by atoms with Gasteiger partial charge in [0.15, 0.2) is 0 Å². The molecule has 0 unspecified atom stereocenters. The van der Waals surface area contributed by atoms with Crippen molar-refractivity contribution in [2.75, 3.05) is 0 Å². The van der Waals surface area contributed by atoms with E-state index in [1.165, 1.54) is 31.3 Å². The minimum Gasteiger partial charge on any atom is -0.100 e. The maximum Gasteiger partial charge on any atom is -0.0445 e. The normalized spacial score (nSPS) is 8.29. The Kier molecular flexibility index (Phi) is 25.6. The van der Waals surface area contributed by atoms with Crippen LogP contribution in [0.5, 0.6) is 0 Å². The first kappa shape index (κ1) is 19.3. The smallest absolute Gasteiger partial charge is 0.0445 e. The van der Waals surface area contributed by atoms with Crippen LogP contribution in [-0.2, 0) is 0 Å². The molecule has 0 fully saturated rings. The zero-order valence-electron chi connectivity index (χ0n) is 11.6. The maximum atomic E-state index is 3.56. The standard InChI is InChI=1S/2C5H12.C4H8/c1-4-5(2)3;1-3-5-4-2;1-4(2)3/h5H,4H2,1-3H3;3-5H2,1-2H3;1H2,2-3H3. The fourth-order valence-electron chi connectivity index (χ4n) is 0.354. The van der Waals surface area contributed by atoms with Gasteiger partial charge in [-0.1, -0.05) is 65.9 Å². The Labute approximate surface area is 92.8 Å². The molecule has 88 valence electrons. The molecule has 0 bridgehead atoms. The Hall–Kier alpha value is -0.260. The lowest BCUT2D eigenvalue weighted by Gasteiger charge is -1.90. The molecule has 0 aromatic rings. The Bertz CT molecular complexity index is 84.2. The van der Waals surface area contributed by atoms with E-state index in [0.717, 1.165) is 5.92 Å². The van der Waals surface area contributed by atoms with Crippen molar-refractivity contribution in [2.24, 2.45) is 5.92 Å². The van der Waals surface area contributed by atoms with Crippen molar-refractivity contribution in [3.63, 3.8) is 0 Å². The van der Waals surface area contributed by atoms with Crippen LogP contribution in [0.4, 0.5) is 0 Å². The molecule has 0 heteroatoms. The molecule has 0 aliphatic carbocycles. The van der Waals surface area contributed by atoms with Crippen LogP contribution >= 0.6 is 0 Å². The highest BCUT2D eigenvalue weighted by Crippen LogP contribution is 1.93. The summed E-state index contributed by atoms with van der Waals surface area (Å²) in [5.74, 6) is 0.884.